The van der Waals surface area contributed by atoms with Gasteiger partial charge in [-0.15, -0.1) is 11.3 Å². The van der Waals surface area contributed by atoms with Crippen LogP contribution >= 0.6 is 11.3 Å². The van der Waals surface area contributed by atoms with Crippen molar-refractivity contribution in [1.29, 1.82) is 0 Å². The molecule has 0 aliphatic rings. The van der Waals surface area contributed by atoms with E-state index in [1.54, 1.807) is 24.6 Å². The molecule has 0 saturated carbocycles. The van der Waals surface area contributed by atoms with E-state index < -0.39 is 0 Å². The number of nitrogens with one attached hydrogen (secondary N) is 2. The fourth-order valence-corrected chi connectivity index (χ4v) is 2.10. The van der Waals surface area contributed by atoms with Crippen LogP contribution < -0.4 is 10.6 Å². The molecule has 4 nitrogen and oxygen atoms in total. The van der Waals surface area contributed by atoms with E-state index in [2.05, 4.69) is 15.6 Å². The van der Waals surface area contributed by atoms with Crippen LogP contribution in [-0.2, 0) is 4.79 Å². The molecule has 0 atom stereocenters. The largest absolute Gasteiger partial charge is 0.325 e. The molecule has 0 aliphatic carbocycles. The second-order valence-corrected chi connectivity index (χ2v) is 4.39. The van der Waals surface area contributed by atoms with Crippen LogP contribution in [0.5, 0.6) is 0 Å². The van der Waals surface area contributed by atoms with E-state index in [-0.39, 0.29) is 5.91 Å². The zero-order chi connectivity index (χ0) is 12.1. The van der Waals surface area contributed by atoms with Crippen molar-refractivity contribution >= 4 is 22.9 Å². The number of thiazole rings is 1. The number of amides is 1. The van der Waals surface area contributed by atoms with Gasteiger partial charge in [0.2, 0.25) is 5.91 Å². The molecule has 1 aromatic carbocycles. The van der Waals surface area contributed by atoms with Gasteiger partial charge >= 0.3 is 0 Å². The molecule has 0 spiro atoms. The lowest BCUT2D eigenvalue weighted by Gasteiger charge is -2.05. The first kappa shape index (κ1) is 11.8. The zero-order valence-electron chi connectivity index (χ0n) is 9.43. The molecule has 1 aromatic heterocycles. The molecule has 0 fully saturated rings. The van der Waals surface area contributed by atoms with E-state index in [1.807, 2.05) is 29.6 Å². The van der Waals surface area contributed by atoms with Crippen LogP contribution in [0.1, 0.15) is 0 Å². The van der Waals surface area contributed by atoms with E-state index in [4.69, 9.17) is 0 Å². The quantitative estimate of drug-likeness (QED) is 0.868. The minimum absolute atomic E-state index is 0.0520. The normalized spacial score (nSPS) is 10.2. The number of likely N-dealkylation sites (N-methyl/N-ethyl adjacent to an activating group) is 1. The highest BCUT2D eigenvalue weighted by Crippen LogP contribution is 2.24. The van der Waals surface area contributed by atoms with Gasteiger partial charge in [-0.2, -0.15) is 0 Å². The van der Waals surface area contributed by atoms with Crippen molar-refractivity contribution in [2.24, 2.45) is 0 Å². The Morgan fingerprint density at radius 1 is 1.47 bits per heavy atom. The smallest absolute Gasteiger partial charge is 0.238 e. The summed E-state index contributed by atoms with van der Waals surface area (Å²) in [5.41, 5.74) is 1.81. The van der Waals surface area contributed by atoms with Gasteiger partial charge in [-0.25, -0.2) is 4.98 Å². The maximum atomic E-state index is 11.4. The summed E-state index contributed by atoms with van der Waals surface area (Å²) in [5.74, 6) is -0.0520. The lowest BCUT2D eigenvalue weighted by Crippen LogP contribution is -2.24. The van der Waals surface area contributed by atoms with Crippen LogP contribution in [0.25, 0.3) is 10.6 Å². The first-order valence-electron chi connectivity index (χ1n) is 5.24. The van der Waals surface area contributed by atoms with Crippen LogP contribution in [0.2, 0.25) is 0 Å². The molecule has 1 heterocycles. The van der Waals surface area contributed by atoms with Gasteiger partial charge in [-0.1, -0.05) is 12.1 Å². The third-order valence-electron chi connectivity index (χ3n) is 2.16. The van der Waals surface area contributed by atoms with Crippen molar-refractivity contribution in [2.45, 2.75) is 0 Å². The van der Waals surface area contributed by atoms with Gasteiger partial charge < -0.3 is 10.6 Å². The van der Waals surface area contributed by atoms with Crippen molar-refractivity contribution < 1.29 is 4.79 Å². The summed E-state index contributed by atoms with van der Waals surface area (Å²) in [7, 11) is 1.74. The van der Waals surface area contributed by atoms with Crippen LogP contribution in [0.4, 0.5) is 5.69 Å². The van der Waals surface area contributed by atoms with Gasteiger partial charge in [0.1, 0.15) is 5.01 Å². The number of hydrogen-bond acceptors (Lipinski definition) is 4. The minimum Gasteiger partial charge on any atom is -0.325 e. The summed E-state index contributed by atoms with van der Waals surface area (Å²) < 4.78 is 0. The second-order valence-electron chi connectivity index (χ2n) is 3.50. The highest BCUT2D eigenvalue weighted by Gasteiger charge is 2.04. The monoisotopic (exact) mass is 247 g/mol. The molecule has 0 unspecified atom stereocenters. The fraction of sp³-hybridized carbons (Fsp3) is 0.167. The Bertz CT molecular complexity index is 496. The number of rotatable bonds is 4. The minimum atomic E-state index is -0.0520. The van der Waals surface area contributed by atoms with Crippen LogP contribution in [0.15, 0.2) is 35.8 Å². The van der Waals surface area contributed by atoms with Crippen LogP contribution in [-0.4, -0.2) is 24.5 Å². The Morgan fingerprint density at radius 3 is 3.06 bits per heavy atom. The lowest BCUT2D eigenvalue weighted by molar-refractivity contribution is -0.115. The van der Waals surface area contributed by atoms with E-state index in [0.29, 0.717) is 6.54 Å². The van der Waals surface area contributed by atoms with Crippen molar-refractivity contribution in [1.82, 2.24) is 10.3 Å². The number of aromatic nitrogens is 1. The van der Waals surface area contributed by atoms with Gasteiger partial charge in [0, 0.05) is 22.8 Å². The molecular formula is C12H13N3OS. The van der Waals surface area contributed by atoms with Gasteiger partial charge in [0.25, 0.3) is 0 Å². The summed E-state index contributed by atoms with van der Waals surface area (Å²) >= 11 is 1.58. The molecule has 1 amide bonds. The van der Waals surface area contributed by atoms with Gasteiger partial charge in [0.15, 0.2) is 0 Å². The molecule has 2 rings (SSSR count). The van der Waals surface area contributed by atoms with E-state index in [0.717, 1.165) is 16.3 Å². The Labute approximate surface area is 104 Å². The maximum Gasteiger partial charge on any atom is 0.238 e. The molecular weight excluding hydrogens is 234 g/mol. The summed E-state index contributed by atoms with van der Waals surface area (Å²) in [6.07, 6.45) is 1.77. The van der Waals surface area contributed by atoms with Crippen molar-refractivity contribution in [3.05, 3.63) is 35.8 Å². The van der Waals surface area contributed by atoms with E-state index in [1.165, 1.54) is 0 Å². The Kier molecular flexibility index (Phi) is 3.85. The molecule has 5 heteroatoms. The summed E-state index contributed by atoms with van der Waals surface area (Å²) in [6, 6.07) is 7.68. The van der Waals surface area contributed by atoms with Crippen molar-refractivity contribution in [3.8, 4) is 10.6 Å². The predicted octanol–water partition coefficient (Wildman–Crippen LogP) is 1.97. The third-order valence-corrected chi connectivity index (χ3v) is 2.99. The van der Waals surface area contributed by atoms with E-state index >= 15 is 0 Å². The zero-order valence-corrected chi connectivity index (χ0v) is 10.3. The average molecular weight is 247 g/mol. The molecule has 0 radical (unpaired) electrons. The van der Waals surface area contributed by atoms with Crippen molar-refractivity contribution in [2.75, 3.05) is 18.9 Å². The lowest BCUT2D eigenvalue weighted by atomic mass is 10.2. The molecule has 2 aromatic rings. The summed E-state index contributed by atoms with van der Waals surface area (Å²) in [4.78, 5) is 15.7. The molecule has 0 bridgehead atoms. The Hall–Kier alpha value is -1.72. The number of carbonyl (C=O) groups is 1. The van der Waals surface area contributed by atoms with Crippen LogP contribution in [0.3, 0.4) is 0 Å². The number of hydrogen-bond donors (Lipinski definition) is 2. The molecule has 2 N–H and O–H groups in total. The van der Waals surface area contributed by atoms with Gasteiger partial charge in [-0.05, 0) is 19.2 Å². The molecule has 0 saturated heterocycles. The Balaban J connectivity index is 2.15. The average Bonchev–Trinajstić information content (AvgIpc) is 2.83. The summed E-state index contributed by atoms with van der Waals surface area (Å²) in [6.45, 7) is 0.307. The standard InChI is InChI=1S/C12H13N3OS/c1-13-8-11(16)15-10-4-2-3-9(7-10)12-14-5-6-17-12/h2-7,13H,8H2,1H3,(H,15,16). The van der Waals surface area contributed by atoms with Gasteiger partial charge in [0.05, 0.1) is 6.54 Å². The number of carbonyl (C=O) groups excluding carboxylic acids is 1. The third kappa shape index (κ3) is 3.12. The predicted molar refractivity (Wildman–Crippen MR) is 70.1 cm³/mol. The fourth-order valence-electron chi connectivity index (χ4n) is 1.46. The number of benzene rings is 1. The highest BCUT2D eigenvalue weighted by atomic mass is 32.1. The highest BCUT2D eigenvalue weighted by molar-refractivity contribution is 7.13. The van der Waals surface area contributed by atoms with Gasteiger partial charge in [-0.3, -0.25) is 4.79 Å². The molecule has 88 valence electrons. The van der Waals surface area contributed by atoms with Crippen LogP contribution in [0, 0.1) is 0 Å². The molecule has 0 aliphatic heterocycles. The second kappa shape index (κ2) is 5.56. The van der Waals surface area contributed by atoms with E-state index in [9.17, 15) is 4.79 Å². The first-order chi connectivity index (χ1) is 8.29. The SMILES string of the molecule is CNCC(=O)Nc1cccc(-c2nccs2)c1. The topological polar surface area (TPSA) is 54.0 Å². The van der Waals surface area contributed by atoms with Crippen molar-refractivity contribution in [3.63, 3.8) is 0 Å². The molecule has 17 heavy (non-hydrogen) atoms. The number of anilines is 1. The first-order valence-corrected chi connectivity index (χ1v) is 6.12. The Morgan fingerprint density at radius 2 is 2.35 bits per heavy atom. The summed E-state index contributed by atoms with van der Waals surface area (Å²) in [5, 5.41) is 8.51. The maximum absolute atomic E-state index is 11.4. The number of nitrogens with zero attached hydrogens (tertiary/aromatic N) is 1.